The highest BCUT2D eigenvalue weighted by molar-refractivity contribution is 7.20. The molecule has 0 aliphatic rings. The highest BCUT2D eigenvalue weighted by Gasteiger charge is 2.13. The Morgan fingerprint density at radius 2 is 1.71 bits per heavy atom. The van der Waals surface area contributed by atoms with Crippen molar-refractivity contribution >= 4 is 38.8 Å². The average Bonchev–Trinajstić information content (AvgIpc) is 2.91. The first-order chi connectivity index (χ1) is 10.1. The van der Waals surface area contributed by atoms with E-state index in [9.17, 15) is 9.59 Å². The molecule has 1 aromatic heterocycles. The lowest BCUT2D eigenvalue weighted by Gasteiger charge is -2.07. The summed E-state index contributed by atoms with van der Waals surface area (Å²) in [6.45, 7) is 1.49. The van der Waals surface area contributed by atoms with Crippen molar-refractivity contribution in [1.29, 1.82) is 0 Å². The lowest BCUT2D eigenvalue weighted by atomic mass is 10.1. The fourth-order valence-corrected chi connectivity index (χ4v) is 3.13. The molecule has 1 heterocycles. The maximum atomic E-state index is 12.3. The summed E-state index contributed by atoms with van der Waals surface area (Å²) in [7, 11) is 0. The summed E-state index contributed by atoms with van der Waals surface area (Å²) in [4.78, 5) is 24.6. The molecular weight excluding hydrogens is 282 g/mol. The monoisotopic (exact) mass is 295 g/mol. The van der Waals surface area contributed by atoms with E-state index in [-0.39, 0.29) is 11.7 Å². The molecule has 0 aliphatic heterocycles. The van der Waals surface area contributed by atoms with Gasteiger partial charge in [0, 0.05) is 10.3 Å². The van der Waals surface area contributed by atoms with Gasteiger partial charge in [-0.05, 0) is 36.6 Å². The minimum atomic E-state index is -0.190. The Morgan fingerprint density at radius 3 is 2.48 bits per heavy atom. The maximum Gasteiger partial charge on any atom is 0.265 e. The Kier molecular flexibility index (Phi) is 3.54. The fraction of sp³-hybridized carbons (Fsp3) is 0.0588. The number of carbonyl (C=O) groups is 2. The van der Waals surface area contributed by atoms with Gasteiger partial charge in [0.05, 0.1) is 10.6 Å². The Hall–Kier alpha value is -2.46. The molecule has 0 spiro atoms. The quantitative estimate of drug-likeness (QED) is 0.730. The average molecular weight is 295 g/mol. The van der Waals surface area contributed by atoms with Gasteiger partial charge in [-0.25, -0.2) is 0 Å². The van der Waals surface area contributed by atoms with Gasteiger partial charge in [0.15, 0.2) is 5.78 Å². The molecule has 0 fully saturated rings. The number of anilines is 1. The number of rotatable bonds is 3. The molecular formula is C17H13NO2S. The van der Waals surface area contributed by atoms with Crippen LogP contribution in [-0.2, 0) is 0 Å². The normalized spacial score (nSPS) is 10.5. The number of hydrogen-bond acceptors (Lipinski definition) is 3. The SMILES string of the molecule is CC(=O)c1ccccc1NC(=O)c1cc2ccccc2s1. The first-order valence-corrected chi connectivity index (χ1v) is 7.37. The third kappa shape index (κ3) is 2.71. The summed E-state index contributed by atoms with van der Waals surface area (Å²) in [5.74, 6) is -0.257. The van der Waals surface area contributed by atoms with E-state index in [1.807, 2.05) is 30.3 Å². The van der Waals surface area contributed by atoms with E-state index in [0.29, 0.717) is 16.1 Å². The van der Waals surface area contributed by atoms with Gasteiger partial charge >= 0.3 is 0 Å². The number of hydrogen-bond donors (Lipinski definition) is 1. The zero-order valence-corrected chi connectivity index (χ0v) is 12.2. The van der Waals surface area contributed by atoms with Crippen LogP contribution in [0.5, 0.6) is 0 Å². The summed E-state index contributed by atoms with van der Waals surface area (Å²) in [5.41, 5.74) is 1.07. The lowest BCUT2D eigenvalue weighted by molar-refractivity contribution is 0.101. The molecule has 0 saturated heterocycles. The molecule has 1 amide bonds. The minimum Gasteiger partial charge on any atom is -0.321 e. The first-order valence-electron chi connectivity index (χ1n) is 6.55. The molecule has 0 radical (unpaired) electrons. The standard InChI is InChI=1S/C17H13NO2S/c1-11(19)13-7-3-4-8-14(13)18-17(20)16-10-12-6-2-5-9-15(12)21-16/h2-10H,1H3,(H,18,20). The zero-order chi connectivity index (χ0) is 14.8. The van der Waals surface area contributed by atoms with Crippen molar-refractivity contribution in [3.63, 3.8) is 0 Å². The van der Waals surface area contributed by atoms with Gasteiger partial charge in [-0.2, -0.15) is 0 Å². The van der Waals surface area contributed by atoms with Gasteiger partial charge in [-0.15, -0.1) is 11.3 Å². The van der Waals surface area contributed by atoms with E-state index < -0.39 is 0 Å². The number of Topliss-reactive ketones (excluding diaryl/α,β-unsaturated/α-hetero) is 1. The summed E-state index contributed by atoms with van der Waals surface area (Å²) in [5, 5.41) is 3.87. The molecule has 0 bridgehead atoms. The van der Waals surface area contributed by atoms with Crippen LogP contribution >= 0.6 is 11.3 Å². The summed E-state index contributed by atoms with van der Waals surface area (Å²) >= 11 is 1.44. The molecule has 1 N–H and O–H groups in total. The largest absolute Gasteiger partial charge is 0.321 e. The van der Waals surface area contributed by atoms with E-state index in [1.54, 1.807) is 24.3 Å². The van der Waals surface area contributed by atoms with Crippen molar-refractivity contribution in [3.05, 3.63) is 65.0 Å². The number of nitrogens with one attached hydrogen (secondary N) is 1. The highest BCUT2D eigenvalue weighted by atomic mass is 32.1. The lowest BCUT2D eigenvalue weighted by Crippen LogP contribution is -2.12. The van der Waals surface area contributed by atoms with Crippen LogP contribution in [0.3, 0.4) is 0 Å². The first kappa shape index (κ1) is 13.5. The van der Waals surface area contributed by atoms with Crippen molar-refractivity contribution < 1.29 is 9.59 Å². The molecule has 0 atom stereocenters. The molecule has 2 aromatic carbocycles. The number of ketones is 1. The van der Waals surface area contributed by atoms with Crippen LogP contribution in [-0.4, -0.2) is 11.7 Å². The molecule has 3 rings (SSSR count). The van der Waals surface area contributed by atoms with Crippen molar-refractivity contribution in [2.75, 3.05) is 5.32 Å². The Morgan fingerprint density at radius 1 is 1.00 bits per heavy atom. The number of fused-ring (bicyclic) bond motifs is 1. The summed E-state index contributed by atoms with van der Waals surface area (Å²) in [6.07, 6.45) is 0. The van der Waals surface area contributed by atoms with Gasteiger partial charge in [0.2, 0.25) is 0 Å². The van der Waals surface area contributed by atoms with Crippen molar-refractivity contribution in [2.45, 2.75) is 6.92 Å². The topological polar surface area (TPSA) is 46.2 Å². The van der Waals surface area contributed by atoms with Crippen LogP contribution in [0.25, 0.3) is 10.1 Å². The van der Waals surface area contributed by atoms with Gasteiger partial charge in [0.1, 0.15) is 0 Å². The summed E-state index contributed by atoms with van der Waals surface area (Å²) in [6, 6.07) is 16.8. The Balaban J connectivity index is 1.91. The second-order valence-electron chi connectivity index (χ2n) is 4.70. The van der Waals surface area contributed by atoms with Crippen LogP contribution in [0.2, 0.25) is 0 Å². The van der Waals surface area contributed by atoms with Gasteiger partial charge in [-0.1, -0.05) is 30.3 Å². The highest BCUT2D eigenvalue weighted by Crippen LogP contribution is 2.26. The molecule has 3 nitrogen and oxygen atoms in total. The van der Waals surface area contributed by atoms with E-state index in [4.69, 9.17) is 0 Å². The second-order valence-corrected chi connectivity index (χ2v) is 5.79. The van der Waals surface area contributed by atoms with Crippen LogP contribution in [0.4, 0.5) is 5.69 Å². The smallest absolute Gasteiger partial charge is 0.265 e. The van der Waals surface area contributed by atoms with E-state index in [2.05, 4.69) is 5.32 Å². The van der Waals surface area contributed by atoms with Crippen LogP contribution in [0.15, 0.2) is 54.6 Å². The third-order valence-electron chi connectivity index (χ3n) is 3.20. The minimum absolute atomic E-state index is 0.0674. The van der Waals surface area contributed by atoms with E-state index in [1.165, 1.54) is 18.3 Å². The molecule has 3 aromatic rings. The molecule has 104 valence electrons. The number of thiophene rings is 1. The van der Waals surface area contributed by atoms with E-state index >= 15 is 0 Å². The summed E-state index contributed by atoms with van der Waals surface area (Å²) < 4.78 is 1.07. The van der Waals surface area contributed by atoms with Gasteiger partial charge in [0.25, 0.3) is 5.91 Å². The van der Waals surface area contributed by atoms with E-state index in [0.717, 1.165) is 10.1 Å². The molecule has 0 aliphatic carbocycles. The van der Waals surface area contributed by atoms with Crippen molar-refractivity contribution in [1.82, 2.24) is 0 Å². The van der Waals surface area contributed by atoms with Crippen LogP contribution in [0.1, 0.15) is 27.0 Å². The second kappa shape index (κ2) is 5.50. The molecule has 4 heteroatoms. The van der Waals surface area contributed by atoms with Crippen molar-refractivity contribution in [3.8, 4) is 0 Å². The predicted molar refractivity (Wildman–Crippen MR) is 86.2 cm³/mol. The van der Waals surface area contributed by atoms with Gasteiger partial charge in [-0.3, -0.25) is 9.59 Å². The fourth-order valence-electron chi connectivity index (χ4n) is 2.18. The van der Waals surface area contributed by atoms with Crippen LogP contribution < -0.4 is 5.32 Å². The predicted octanol–water partition coefficient (Wildman–Crippen LogP) is 4.36. The van der Waals surface area contributed by atoms with Gasteiger partial charge < -0.3 is 5.32 Å². The maximum absolute atomic E-state index is 12.3. The third-order valence-corrected chi connectivity index (χ3v) is 4.32. The molecule has 0 saturated carbocycles. The Bertz CT molecular complexity index is 802. The number of benzene rings is 2. The number of carbonyl (C=O) groups excluding carboxylic acids is 2. The number of para-hydroxylation sites is 1. The molecule has 0 unspecified atom stereocenters. The Labute approximate surface area is 126 Å². The van der Waals surface area contributed by atoms with Crippen molar-refractivity contribution in [2.24, 2.45) is 0 Å². The zero-order valence-electron chi connectivity index (χ0n) is 11.4. The number of amides is 1. The van der Waals surface area contributed by atoms with Crippen LogP contribution in [0, 0.1) is 0 Å². The molecule has 21 heavy (non-hydrogen) atoms.